The molecule has 2 saturated heterocycles. The van der Waals surface area contributed by atoms with Crippen molar-refractivity contribution in [3.63, 3.8) is 0 Å². The Kier molecular flexibility index (Phi) is 5.76. The highest BCUT2D eigenvalue weighted by Crippen LogP contribution is 2.22. The Morgan fingerprint density at radius 1 is 1.16 bits per heavy atom. The van der Waals surface area contributed by atoms with Crippen molar-refractivity contribution in [2.24, 2.45) is 0 Å². The summed E-state index contributed by atoms with van der Waals surface area (Å²) in [5.74, 6) is 0.0220. The molecular weight excluding hydrogens is 338 g/mol. The van der Waals surface area contributed by atoms with Crippen LogP contribution in [0.1, 0.15) is 31.2 Å². The van der Waals surface area contributed by atoms with Gasteiger partial charge in [0, 0.05) is 25.7 Å². The van der Waals surface area contributed by atoms with Gasteiger partial charge in [0.1, 0.15) is 0 Å². The maximum absolute atomic E-state index is 12.6. The number of carbonyl (C=O) groups is 1. The largest absolute Gasteiger partial charge is 0.353 e. The summed E-state index contributed by atoms with van der Waals surface area (Å²) in [5, 5.41) is 3.00. The molecule has 2 heterocycles. The van der Waals surface area contributed by atoms with Crippen LogP contribution in [-0.2, 0) is 21.4 Å². The summed E-state index contributed by atoms with van der Waals surface area (Å²) in [7, 11) is -3.20. The number of hydrogen-bond donors (Lipinski definition) is 1. The molecule has 0 aromatic heterocycles. The molecule has 25 heavy (non-hydrogen) atoms. The Bertz CT molecular complexity index is 693. The van der Waals surface area contributed by atoms with Gasteiger partial charge in [-0.05, 0) is 37.8 Å². The van der Waals surface area contributed by atoms with E-state index in [4.69, 9.17) is 0 Å². The number of likely N-dealkylation sites (tertiary alicyclic amines) is 1. The van der Waals surface area contributed by atoms with Gasteiger partial charge in [-0.25, -0.2) is 8.42 Å². The molecular formula is C18H27N3O3S. The van der Waals surface area contributed by atoms with E-state index in [2.05, 4.69) is 22.3 Å². The Morgan fingerprint density at radius 2 is 1.88 bits per heavy atom. The van der Waals surface area contributed by atoms with Crippen molar-refractivity contribution in [2.75, 3.05) is 25.9 Å². The van der Waals surface area contributed by atoms with Crippen molar-refractivity contribution >= 4 is 15.9 Å². The van der Waals surface area contributed by atoms with Crippen molar-refractivity contribution in [3.8, 4) is 0 Å². The van der Waals surface area contributed by atoms with E-state index >= 15 is 0 Å². The van der Waals surface area contributed by atoms with Gasteiger partial charge in [0.2, 0.25) is 15.9 Å². The zero-order chi connectivity index (χ0) is 17.9. The number of carbonyl (C=O) groups excluding carboxylic acids is 1. The minimum Gasteiger partial charge on any atom is -0.353 e. The van der Waals surface area contributed by atoms with E-state index in [0.717, 1.165) is 38.8 Å². The van der Waals surface area contributed by atoms with E-state index in [-0.39, 0.29) is 18.0 Å². The third kappa shape index (κ3) is 4.59. The summed E-state index contributed by atoms with van der Waals surface area (Å²) >= 11 is 0. The average molecular weight is 365 g/mol. The van der Waals surface area contributed by atoms with Gasteiger partial charge in [-0.3, -0.25) is 9.69 Å². The first kappa shape index (κ1) is 18.4. The van der Waals surface area contributed by atoms with E-state index in [9.17, 15) is 13.2 Å². The van der Waals surface area contributed by atoms with Crippen molar-refractivity contribution in [1.82, 2.24) is 14.5 Å². The fraction of sp³-hybridized carbons (Fsp3) is 0.611. The predicted molar refractivity (Wildman–Crippen MR) is 97.5 cm³/mol. The normalized spacial score (nSPS) is 25.3. The van der Waals surface area contributed by atoms with Crippen LogP contribution in [0.15, 0.2) is 30.3 Å². The van der Waals surface area contributed by atoms with E-state index in [1.54, 1.807) is 0 Å². The minimum atomic E-state index is -3.20. The van der Waals surface area contributed by atoms with Crippen LogP contribution in [0.3, 0.4) is 0 Å². The van der Waals surface area contributed by atoms with Crippen LogP contribution in [0.25, 0.3) is 0 Å². The predicted octanol–water partition coefficient (Wildman–Crippen LogP) is 1.19. The Morgan fingerprint density at radius 3 is 2.60 bits per heavy atom. The fourth-order valence-corrected chi connectivity index (χ4v) is 5.10. The summed E-state index contributed by atoms with van der Waals surface area (Å²) in [4.78, 5) is 14.9. The zero-order valence-electron chi connectivity index (χ0n) is 14.7. The number of benzene rings is 1. The van der Waals surface area contributed by atoms with Gasteiger partial charge in [-0.15, -0.1) is 0 Å². The molecule has 3 rings (SSSR count). The number of hydrogen-bond acceptors (Lipinski definition) is 4. The Labute approximate surface area is 150 Å². The van der Waals surface area contributed by atoms with E-state index in [1.165, 1.54) is 16.1 Å². The molecule has 1 N–H and O–H groups in total. The first-order valence-corrected chi connectivity index (χ1v) is 10.8. The lowest BCUT2D eigenvalue weighted by Gasteiger charge is -2.26. The van der Waals surface area contributed by atoms with Gasteiger partial charge < -0.3 is 5.32 Å². The topological polar surface area (TPSA) is 69.7 Å². The third-order valence-electron chi connectivity index (χ3n) is 5.16. The molecule has 1 unspecified atom stereocenters. The Balaban J connectivity index is 1.55. The fourth-order valence-electron chi connectivity index (χ4n) is 3.92. The second-order valence-electron chi connectivity index (χ2n) is 7.03. The maximum Gasteiger partial charge on any atom is 0.237 e. The first-order chi connectivity index (χ1) is 11.9. The lowest BCUT2D eigenvalue weighted by molar-refractivity contribution is -0.125. The number of nitrogens with one attached hydrogen (secondary N) is 1. The number of amides is 1. The third-order valence-corrected chi connectivity index (χ3v) is 6.49. The number of nitrogens with zero attached hydrogens (tertiary/aromatic N) is 2. The Hall–Kier alpha value is -1.44. The van der Waals surface area contributed by atoms with Gasteiger partial charge in [-0.2, -0.15) is 4.31 Å². The highest BCUT2D eigenvalue weighted by Gasteiger charge is 2.34. The molecule has 2 atom stereocenters. The molecule has 0 radical (unpaired) electrons. The van der Waals surface area contributed by atoms with E-state index in [0.29, 0.717) is 13.1 Å². The van der Waals surface area contributed by atoms with Gasteiger partial charge in [0.15, 0.2) is 0 Å². The van der Waals surface area contributed by atoms with Crippen molar-refractivity contribution in [2.45, 2.75) is 44.3 Å². The smallest absolute Gasteiger partial charge is 0.237 e. The lowest BCUT2D eigenvalue weighted by Crippen LogP contribution is -2.48. The van der Waals surface area contributed by atoms with Crippen molar-refractivity contribution < 1.29 is 13.2 Å². The number of sulfonamides is 1. The zero-order valence-corrected chi connectivity index (χ0v) is 15.5. The van der Waals surface area contributed by atoms with Crippen LogP contribution in [0.4, 0.5) is 0 Å². The van der Waals surface area contributed by atoms with Crippen molar-refractivity contribution in [3.05, 3.63) is 35.9 Å². The molecule has 0 aliphatic carbocycles. The first-order valence-electron chi connectivity index (χ1n) is 8.97. The highest BCUT2D eigenvalue weighted by atomic mass is 32.2. The maximum atomic E-state index is 12.6. The van der Waals surface area contributed by atoms with Gasteiger partial charge in [0.05, 0.1) is 12.3 Å². The van der Waals surface area contributed by atoms with Crippen LogP contribution in [0, 0.1) is 0 Å². The average Bonchev–Trinajstić information content (AvgIpc) is 3.22. The van der Waals surface area contributed by atoms with Crippen molar-refractivity contribution in [1.29, 1.82) is 0 Å². The molecule has 7 heteroatoms. The van der Waals surface area contributed by atoms with Gasteiger partial charge >= 0.3 is 0 Å². The van der Waals surface area contributed by atoms with Crippen LogP contribution < -0.4 is 5.32 Å². The second-order valence-corrected chi connectivity index (χ2v) is 8.96. The standard InChI is InChI=1S/C18H27N3O3S/c1-25(23,24)21-12-5-9-16(21)13-19-18(22)17-10-6-11-20(17)14-15-7-3-2-4-8-15/h2-4,7-8,16-17H,5-6,9-14H2,1H3,(H,19,22)/t16-,17?/m1/s1. The molecule has 1 aromatic rings. The molecule has 2 fully saturated rings. The van der Waals surface area contributed by atoms with E-state index < -0.39 is 10.0 Å². The lowest BCUT2D eigenvalue weighted by atomic mass is 10.1. The molecule has 0 bridgehead atoms. The summed E-state index contributed by atoms with van der Waals surface area (Å²) in [6.07, 6.45) is 4.79. The number of rotatable bonds is 6. The summed E-state index contributed by atoms with van der Waals surface area (Å²) in [5.41, 5.74) is 1.21. The van der Waals surface area contributed by atoms with Crippen LogP contribution in [0.5, 0.6) is 0 Å². The molecule has 0 spiro atoms. The summed E-state index contributed by atoms with van der Waals surface area (Å²) < 4.78 is 25.1. The van der Waals surface area contributed by atoms with Crippen LogP contribution >= 0.6 is 0 Å². The quantitative estimate of drug-likeness (QED) is 0.822. The monoisotopic (exact) mass is 365 g/mol. The minimum absolute atomic E-state index is 0.0220. The molecule has 6 nitrogen and oxygen atoms in total. The van der Waals surface area contributed by atoms with Gasteiger partial charge in [-0.1, -0.05) is 30.3 Å². The molecule has 2 aliphatic rings. The van der Waals surface area contributed by atoms with Crippen LogP contribution in [0.2, 0.25) is 0 Å². The van der Waals surface area contributed by atoms with Gasteiger partial charge in [0.25, 0.3) is 0 Å². The summed E-state index contributed by atoms with van der Waals surface area (Å²) in [6.45, 7) is 2.66. The molecule has 1 amide bonds. The highest BCUT2D eigenvalue weighted by molar-refractivity contribution is 7.88. The second kappa shape index (κ2) is 7.85. The molecule has 0 saturated carbocycles. The molecule has 2 aliphatic heterocycles. The molecule has 1 aromatic carbocycles. The van der Waals surface area contributed by atoms with Crippen LogP contribution in [-0.4, -0.2) is 61.5 Å². The SMILES string of the molecule is CS(=O)(=O)N1CCC[C@@H]1CNC(=O)C1CCCN1Cc1ccccc1. The summed E-state index contributed by atoms with van der Waals surface area (Å²) in [6, 6.07) is 9.95. The van der Waals surface area contributed by atoms with E-state index in [1.807, 2.05) is 18.2 Å². The molecule has 138 valence electrons.